The minimum atomic E-state index is -0.104. The van der Waals surface area contributed by atoms with Gasteiger partial charge in [-0.25, -0.2) is 0 Å². The molecular weight excluding hydrogens is 264 g/mol. The highest BCUT2D eigenvalue weighted by molar-refractivity contribution is 5.72. The topological polar surface area (TPSA) is 32.8 Å². The van der Waals surface area contributed by atoms with Gasteiger partial charge in [0.25, 0.3) is 0 Å². The number of benzene rings is 1. The second kappa shape index (κ2) is 7.57. The van der Waals surface area contributed by atoms with Gasteiger partial charge in [-0.2, -0.15) is 0 Å². The van der Waals surface area contributed by atoms with Gasteiger partial charge in [-0.15, -0.1) is 0 Å². The predicted octanol–water partition coefficient (Wildman–Crippen LogP) is 2.00. The molecule has 116 valence electrons. The first-order valence-corrected chi connectivity index (χ1v) is 7.65. The molecule has 4 heteroatoms. The summed E-state index contributed by atoms with van der Waals surface area (Å²) in [5.74, 6) is -0.179. The molecule has 0 saturated carbocycles. The van der Waals surface area contributed by atoms with E-state index < -0.39 is 0 Å². The second-order valence-corrected chi connectivity index (χ2v) is 6.16. The molecule has 0 bridgehead atoms. The third-order valence-corrected chi connectivity index (χ3v) is 4.14. The Kier molecular flexibility index (Phi) is 5.76. The van der Waals surface area contributed by atoms with E-state index in [4.69, 9.17) is 4.74 Å². The molecule has 0 aliphatic carbocycles. The monoisotopic (exact) mass is 290 g/mol. The van der Waals surface area contributed by atoms with Crippen LogP contribution in [0.1, 0.15) is 18.9 Å². The van der Waals surface area contributed by atoms with Gasteiger partial charge < -0.3 is 14.5 Å². The molecule has 0 amide bonds. The van der Waals surface area contributed by atoms with E-state index in [9.17, 15) is 4.79 Å². The number of ether oxygens (including phenoxy) is 1. The molecule has 2 atom stereocenters. The molecule has 0 radical (unpaired) electrons. The number of hydrogen-bond donors (Lipinski definition) is 0. The minimum absolute atomic E-state index is 0.0744. The fraction of sp³-hybridized carbons (Fsp3) is 0.588. The lowest BCUT2D eigenvalue weighted by Crippen LogP contribution is -2.35. The Hall–Kier alpha value is -1.39. The average molecular weight is 290 g/mol. The Morgan fingerprint density at radius 1 is 1.38 bits per heavy atom. The van der Waals surface area contributed by atoms with Gasteiger partial charge in [0.1, 0.15) is 6.61 Å². The first kappa shape index (κ1) is 16.0. The van der Waals surface area contributed by atoms with Crippen LogP contribution in [0.4, 0.5) is 0 Å². The largest absolute Gasteiger partial charge is 0.461 e. The predicted molar refractivity (Wildman–Crippen MR) is 83.9 cm³/mol. The molecule has 4 nitrogen and oxygen atoms in total. The zero-order valence-corrected chi connectivity index (χ0v) is 13.3. The molecule has 2 rings (SSSR count). The van der Waals surface area contributed by atoms with Crippen molar-refractivity contribution < 1.29 is 9.53 Å². The molecule has 21 heavy (non-hydrogen) atoms. The van der Waals surface area contributed by atoms with E-state index in [1.165, 1.54) is 6.42 Å². The van der Waals surface area contributed by atoms with Crippen molar-refractivity contribution in [2.45, 2.75) is 26.0 Å². The zero-order chi connectivity index (χ0) is 15.2. The maximum Gasteiger partial charge on any atom is 0.310 e. The summed E-state index contributed by atoms with van der Waals surface area (Å²) >= 11 is 0. The van der Waals surface area contributed by atoms with E-state index in [0.29, 0.717) is 12.6 Å². The molecule has 1 aliphatic rings. The van der Waals surface area contributed by atoms with Crippen LogP contribution < -0.4 is 0 Å². The van der Waals surface area contributed by atoms with E-state index in [1.807, 2.05) is 37.3 Å². The number of nitrogens with zero attached hydrogens (tertiary/aromatic N) is 2. The fourth-order valence-corrected chi connectivity index (χ4v) is 2.73. The number of rotatable bonds is 6. The van der Waals surface area contributed by atoms with Gasteiger partial charge in [-0.1, -0.05) is 37.3 Å². The number of likely N-dealkylation sites (tertiary alicyclic amines) is 1. The molecular formula is C17H26N2O2. The summed E-state index contributed by atoms with van der Waals surface area (Å²) in [5, 5.41) is 0. The van der Waals surface area contributed by atoms with Crippen molar-refractivity contribution in [3.63, 3.8) is 0 Å². The van der Waals surface area contributed by atoms with Crippen LogP contribution >= 0.6 is 0 Å². The average Bonchev–Trinajstić information content (AvgIpc) is 2.94. The number of likely N-dealkylation sites (N-methyl/N-ethyl adjacent to an activating group) is 1. The second-order valence-electron chi connectivity index (χ2n) is 6.16. The summed E-state index contributed by atoms with van der Waals surface area (Å²) in [7, 11) is 4.23. The summed E-state index contributed by atoms with van der Waals surface area (Å²) < 4.78 is 5.40. The first-order valence-electron chi connectivity index (χ1n) is 7.65. The third-order valence-electron chi connectivity index (χ3n) is 4.14. The van der Waals surface area contributed by atoms with Crippen LogP contribution in [0.5, 0.6) is 0 Å². The highest BCUT2D eigenvalue weighted by Gasteiger charge is 2.27. The zero-order valence-electron chi connectivity index (χ0n) is 13.3. The summed E-state index contributed by atoms with van der Waals surface area (Å²) in [6.07, 6.45) is 1.18. The Morgan fingerprint density at radius 2 is 2.10 bits per heavy atom. The van der Waals surface area contributed by atoms with Crippen LogP contribution in [-0.4, -0.2) is 55.5 Å². The van der Waals surface area contributed by atoms with Crippen LogP contribution in [0.15, 0.2) is 30.3 Å². The molecule has 0 spiro atoms. The maximum absolute atomic E-state index is 12.1. The van der Waals surface area contributed by atoms with E-state index >= 15 is 0 Å². The number of carbonyl (C=O) groups is 1. The first-order chi connectivity index (χ1) is 10.1. The van der Waals surface area contributed by atoms with Crippen molar-refractivity contribution in [2.24, 2.45) is 5.92 Å². The molecule has 1 aromatic rings. The van der Waals surface area contributed by atoms with E-state index in [2.05, 4.69) is 23.9 Å². The molecule has 1 heterocycles. The Bertz CT molecular complexity index is 447. The Labute approximate surface area is 127 Å². The molecule has 0 N–H and O–H groups in total. The fourth-order valence-electron chi connectivity index (χ4n) is 2.73. The van der Waals surface area contributed by atoms with Gasteiger partial charge in [0.2, 0.25) is 0 Å². The normalized spacial score (nSPS) is 20.7. The van der Waals surface area contributed by atoms with Gasteiger partial charge in [0.15, 0.2) is 0 Å². The summed E-state index contributed by atoms with van der Waals surface area (Å²) in [4.78, 5) is 16.7. The van der Waals surface area contributed by atoms with Crippen molar-refractivity contribution >= 4 is 5.97 Å². The highest BCUT2D eigenvalue weighted by atomic mass is 16.5. The van der Waals surface area contributed by atoms with Crippen molar-refractivity contribution in [3.05, 3.63) is 35.9 Å². The number of carbonyl (C=O) groups excluding carboxylic acids is 1. The summed E-state index contributed by atoms with van der Waals surface area (Å²) in [6, 6.07) is 10.4. The molecule has 2 unspecified atom stereocenters. The van der Waals surface area contributed by atoms with Crippen LogP contribution in [0, 0.1) is 5.92 Å². The highest BCUT2D eigenvalue weighted by Crippen LogP contribution is 2.15. The van der Waals surface area contributed by atoms with Crippen LogP contribution in [0.2, 0.25) is 0 Å². The maximum atomic E-state index is 12.1. The number of hydrogen-bond acceptors (Lipinski definition) is 4. The van der Waals surface area contributed by atoms with Crippen molar-refractivity contribution in [3.8, 4) is 0 Å². The molecule has 1 aliphatic heterocycles. The standard InChI is InChI=1S/C17H26N2O2/c1-14(11-19-10-9-16(12-19)18(2)3)17(20)21-13-15-7-5-4-6-8-15/h4-8,14,16H,9-13H2,1-3H3. The molecule has 1 saturated heterocycles. The van der Waals surface area contributed by atoms with Crippen LogP contribution in [-0.2, 0) is 16.1 Å². The lowest BCUT2D eigenvalue weighted by Gasteiger charge is -2.22. The minimum Gasteiger partial charge on any atom is -0.461 e. The van der Waals surface area contributed by atoms with Crippen LogP contribution in [0.25, 0.3) is 0 Å². The van der Waals surface area contributed by atoms with Crippen molar-refractivity contribution in [1.29, 1.82) is 0 Å². The lowest BCUT2D eigenvalue weighted by atomic mass is 10.1. The van der Waals surface area contributed by atoms with E-state index in [1.54, 1.807) is 0 Å². The van der Waals surface area contributed by atoms with E-state index in [0.717, 1.165) is 25.2 Å². The lowest BCUT2D eigenvalue weighted by molar-refractivity contribution is -0.149. The quantitative estimate of drug-likeness (QED) is 0.750. The van der Waals surface area contributed by atoms with Gasteiger partial charge in [0.05, 0.1) is 5.92 Å². The molecule has 1 aromatic carbocycles. The van der Waals surface area contributed by atoms with Gasteiger partial charge in [-0.05, 0) is 32.6 Å². The number of esters is 1. The van der Waals surface area contributed by atoms with Gasteiger partial charge >= 0.3 is 5.97 Å². The summed E-state index contributed by atoms with van der Waals surface area (Å²) in [6.45, 7) is 5.22. The Morgan fingerprint density at radius 3 is 2.71 bits per heavy atom. The SMILES string of the molecule is CC(CN1CCC(N(C)C)C1)C(=O)OCc1ccccc1. The van der Waals surface area contributed by atoms with Crippen molar-refractivity contribution in [1.82, 2.24) is 9.80 Å². The summed E-state index contributed by atoms with van der Waals surface area (Å²) in [5.41, 5.74) is 1.03. The van der Waals surface area contributed by atoms with E-state index in [-0.39, 0.29) is 11.9 Å². The van der Waals surface area contributed by atoms with Gasteiger partial charge in [-0.3, -0.25) is 4.79 Å². The molecule has 0 aromatic heterocycles. The van der Waals surface area contributed by atoms with Gasteiger partial charge in [0, 0.05) is 19.1 Å². The Balaban J connectivity index is 1.73. The van der Waals surface area contributed by atoms with Crippen LogP contribution in [0.3, 0.4) is 0 Å². The van der Waals surface area contributed by atoms with Crippen molar-refractivity contribution in [2.75, 3.05) is 33.7 Å². The third kappa shape index (κ3) is 4.83. The smallest absolute Gasteiger partial charge is 0.310 e. The molecule has 1 fully saturated rings.